The summed E-state index contributed by atoms with van der Waals surface area (Å²) >= 11 is 0. The Bertz CT molecular complexity index is 166. The molecule has 0 saturated heterocycles. The molecule has 1 N–H and O–H groups in total. The van der Waals surface area contributed by atoms with Crippen LogP contribution < -0.4 is 10.2 Å². The molecule has 0 amide bonds. The largest absolute Gasteiger partial charge is 0.480 e. The van der Waals surface area contributed by atoms with Crippen LogP contribution in [0, 0.1) is 0 Å². The van der Waals surface area contributed by atoms with E-state index in [-0.39, 0.29) is 0 Å². The second-order valence-corrected chi connectivity index (χ2v) is 1.55. The molecular weight excluding hydrogens is 118 g/mol. The molecule has 9 heavy (non-hydrogen) atoms. The lowest BCUT2D eigenvalue weighted by atomic mass is 10.8. The van der Waals surface area contributed by atoms with E-state index in [9.17, 15) is 0 Å². The average Bonchev–Trinajstić information content (AvgIpc) is 2.34. The van der Waals surface area contributed by atoms with Crippen LogP contribution in [-0.2, 0) is 0 Å². The fraction of sp³-hybridized carbons (Fsp3) is 0.400. The van der Waals surface area contributed by atoms with Gasteiger partial charge in [0, 0.05) is 7.05 Å². The van der Waals surface area contributed by atoms with Crippen molar-refractivity contribution in [2.45, 2.75) is 0 Å². The zero-order valence-corrected chi connectivity index (χ0v) is 5.46. The lowest BCUT2D eigenvalue weighted by molar-refractivity contribution is 0.399. The van der Waals surface area contributed by atoms with Gasteiger partial charge in [-0.1, -0.05) is 0 Å². The number of nitrogens with one attached hydrogen (secondary N) is 1. The third-order valence-electron chi connectivity index (χ3n) is 1.03. The lowest BCUT2D eigenvalue weighted by Gasteiger charge is -1.94. The number of ether oxygens (including phenoxy) is 1. The maximum absolute atomic E-state index is 4.82. The summed E-state index contributed by atoms with van der Waals surface area (Å²) in [4.78, 5) is 3.88. The molecule has 4 nitrogen and oxygen atoms in total. The highest BCUT2D eigenvalue weighted by Crippen LogP contribution is 2.01. The van der Waals surface area contributed by atoms with Crippen LogP contribution in [0.2, 0.25) is 0 Å². The van der Waals surface area contributed by atoms with Crippen molar-refractivity contribution in [3.05, 3.63) is 12.5 Å². The maximum Gasteiger partial charge on any atom is 0.233 e. The summed E-state index contributed by atoms with van der Waals surface area (Å²) in [6.45, 7) is 0. The molecule has 0 atom stereocenters. The van der Waals surface area contributed by atoms with Crippen LogP contribution >= 0.6 is 0 Å². The van der Waals surface area contributed by atoms with Gasteiger partial charge in [-0.2, -0.15) is 0 Å². The Balaban J connectivity index is 2.74. The number of rotatable bonds is 2. The van der Waals surface area contributed by atoms with Crippen molar-refractivity contribution in [3.8, 4) is 5.88 Å². The zero-order valence-electron chi connectivity index (χ0n) is 5.46. The second kappa shape index (κ2) is 2.39. The van der Waals surface area contributed by atoms with E-state index in [1.165, 1.54) is 0 Å². The number of methoxy groups -OCH3 is 1. The fourth-order valence-electron chi connectivity index (χ4n) is 0.532. The molecule has 4 heteroatoms. The van der Waals surface area contributed by atoms with Crippen LogP contribution in [0.4, 0.5) is 0 Å². The molecule has 0 bridgehead atoms. The van der Waals surface area contributed by atoms with Crippen molar-refractivity contribution in [2.75, 3.05) is 19.6 Å². The summed E-state index contributed by atoms with van der Waals surface area (Å²) in [5, 5.41) is 0. The van der Waals surface area contributed by atoms with Crippen LogP contribution in [0.1, 0.15) is 0 Å². The van der Waals surface area contributed by atoms with Crippen LogP contribution in [0.15, 0.2) is 12.5 Å². The Morgan fingerprint density at radius 2 is 2.56 bits per heavy atom. The summed E-state index contributed by atoms with van der Waals surface area (Å²) in [5.74, 6) is 0.615. The zero-order chi connectivity index (χ0) is 6.69. The van der Waals surface area contributed by atoms with Crippen molar-refractivity contribution in [3.63, 3.8) is 0 Å². The van der Waals surface area contributed by atoms with Crippen LogP contribution in [0.5, 0.6) is 5.88 Å². The topological polar surface area (TPSA) is 39.1 Å². The normalized spacial score (nSPS) is 9.11. The van der Waals surface area contributed by atoms with Gasteiger partial charge in [0.05, 0.1) is 13.3 Å². The first-order valence-electron chi connectivity index (χ1n) is 2.62. The highest BCUT2D eigenvalue weighted by Gasteiger charge is 1.91. The SMILES string of the molecule is CNn1cnc(OC)c1. The van der Waals surface area contributed by atoms with Gasteiger partial charge in [0.1, 0.15) is 6.33 Å². The molecule has 0 aliphatic rings. The Morgan fingerprint density at radius 3 is 2.89 bits per heavy atom. The predicted molar refractivity (Wildman–Crippen MR) is 34.1 cm³/mol. The summed E-state index contributed by atoms with van der Waals surface area (Å²) in [6.07, 6.45) is 3.39. The summed E-state index contributed by atoms with van der Waals surface area (Å²) in [6, 6.07) is 0. The average molecular weight is 127 g/mol. The van der Waals surface area contributed by atoms with Gasteiger partial charge in [-0.15, -0.1) is 0 Å². The van der Waals surface area contributed by atoms with Gasteiger partial charge in [-0.05, 0) is 0 Å². The molecule has 0 saturated carbocycles. The van der Waals surface area contributed by atoms with E-state index in [4.69, 9.17) is 4.74 Å². The standard InChI is InChI=1S/C5H9N3O/c1-6-8-3-5(9-2)7-4-8/h3-4,6H,1-2H3. The minimum atomic E-state index is 0.615. The molecular formula is C5H9N3O. The van der Waals surface area contributed by atoms with Gasteiger partial charge in [-0.3, -0.25) is 4.68 Å². The van der Waals surface area contributed by atoms with Crippen LogP contribution in [0.25, 0.3) is 0 Å². The highest BCUT2D eigenvalue weighted by molar-refractivity contribution is 5.03. The molecule has 0 radical (unpaired) electrons. The molecule has 0 fully saturated rings. The molecule has 0 spiro atoms. The molecule has 0 aliphatic heterocycles. The Morgan fingerprint density at radius 1 is 1.78 bits per heavy atom. The second-order valence-electron chi connectivity index (χ2n) is 1.55. The molecule has 1 heterocycles. The number of aromatic nitrogens is 2. The van der Waals surface area contributed by atoms with Gasteiger partial charge in [0.25, 0.3) is 0 Å². The maximum atomic E-state index is 4.82. The number of nitrogens with zero attached hydrogens (tertiary/aromatic N) is 2. The minimum absolute atomic E-state index is 0.615. The molecule has 0 aliphatic carbocycles. The van der Waals surface area contributed by atoms with Gasteiger partial charge < -0.3 is 10.2 Å². The van der Waals surface area contributed by atoms with Crippen molar-refractivity contribution in [1.82, 2.24) is 9.66 Å². The number of hydrogen-bond donors (Lipinski definition) is 1. The van der Waals surface area contributed by atoms with E-state index in [2.05, 4.69) is 10.4 Å². The molecule has 50 valence electrons. The van der Waals surface area contributed by atoms with Crippen molar-refractivity contribution in [1.29, 1.82) is 0 Å². The van der Waals surface area contributed by atoms with E-state index >= 15 is 0 Å². The quantitative estimate of drug-likeness (QED) is 0.610. The third kappa shape index (κ3) is 1.13. The fourth-order valence-corrected chi connectivity index (χ4v) is 0.532. The minimum Gasteiger partial charge on any atom is -0.480 e. The third-order valence-corrected chi connectivity index (χ3v) is 1.03. The lowest BCUT2D eigenvalue weighted by Crippen LogP contribution is -2.04. The van der Waals surface area contributed by atoms with Gasteiger partial charge in [-0.25, -0.2) is 4.98 Å². The Hall–Kier alpha value is -1.19. The summed E-state index contributed by atoms with van der Waals surface area (Å²) in [5.41, 5.74) is 2.86. The Kier molecular flexibility index (Phi) is 1.58. The first-order chi connectivity index (χ1) is 4.36. The van der Waals surface area contributed by atoms with Gasteiger partial charge in [0.15, 0.2) is 0 Å². The van der Waals surface area contributed by atoms with Crippen molar-refractivity contribution < 1.29 is 4.74 Å². The van der Waals surface area contributed by atoms with E-state index in [0.717, 1.165) is 0 Å². The number of hydrogen-bond acceptors (Lipinski definition) is 3. The number of imidazole rings is 1. The predicted octanol–water partition coefficient (Wildman–Crippen LogP) is 0.0650. The van der Waals surface area contributed by atoms with Gasteiger partial charge in [0.2, 0.25) is 5.88 Å². The first-order valence-corrected chi connectivity index (χ1v) is 2.62. The van der Waals surface area contributed by atoms with Crippen LogP contribution in [0.3, 0.4) is 0 Å². The molecule has 1 aromatic heterocycles. The van der Waals surface area contributed by atoms with Gasteiger partial charge >= 0.3 is 0 Å². The van der Waals surface area contributed by atoms with E-state index in [1.807, 2.05) is 0 Å². The van der Waals surface area contributed by atoms with Crippen molar-refractivity contribution >= 4 is 0 Å². The van der Waals surface area contributed by atoms with E-state index < -0.39 is 0 Å². The van der Waals surface area contributed by atoms with E-state index in [0.29, 0.717) is 5.88 Å². The Labute approximate surface area is 53.4 Å². The molecule has 1 rings (SSSR count). The summed E-state index contributed by atoms with van der Waals surface area (Å²) < 4.78 is 6.53. The first kappa shape index (κ1) is 5.94. The smallest absolute Gasteiger partial charge is 0.233 e. The summed E-state index contributed by atoms with van der Waals surface area (Å²) in [7, 11) is 3.39. The van der Waals surface area contributed by atoms with Crippen LogP contribution in [-0.4, -0.2) is 23.8 Å². The van der Waals surface area contributed by atoms with Crippen molar-refractivity contribution in [2.24, 2.45) is 0 Å². The molecule has 0 aromatic carbocycles. The molecule has 0 unspecified atom stereocenters. The highest BCUT2D eigenvalue weighted by atomic mass is 16.5. The molecule has 1 aromatic rings. The monoisotopic (exact) mass is 127 g/mol. The van der Waals surface area contributed by atoms with E-state index in [1.54, 1.807) is 31.4 Å².